The standard InChI is InChI=1S/C25H35N3O3/c1-20-5-2-9-23(17-20)31-19-25(30)28-15-13-26(14-16-28)18-24(29)21-6-4-11-27(12-10-21)22-7-3-8-22/h2,5-6,9,17,22H,3-4,7-8,10-16,18-19H2,1H3. The number of ether oxygens (including phenoxy) is 1. The van der Waals surface area contributed by atoms with Crippen LogP contribution in [-0.4, -0.2) is 84.9 Å². The molecule has 0 radical (unpaired) electrons. The van der Waals surface area contributed by atoms with Gasteiger partial charge < -0.3 is 9.64 Å². The lowest BCUT2D eigenvalue weighted by molar-refractivity contribution is -0.135. The average Bonchev–Trinajstić information content (AvgIpc) is 2.98. The van der Waals surface area contributed by atoms with E-state index in [4.69, 9.17) is 4.74 Å². The van der Waals surface area contributed by atoms with Crippen LogP contribution in [0.1, 0.15) is 37.7 Å². The molecule has 2 aliphatic heterocycles. The average molecular weight is 426 g/mol. The number of aryl methyl sites for hydroxylation is 1. The lowest BCUT2D eigenvalue weighted by Crippen LogP contribution is -2.51. The fourth-order valence-corrected chi connectivity index (χ4v) is 4.65. The van der Waals surface area contributed by atoms with Gasteiger partial charge >= 0.3 is 0 Å². The number of hydrogen-bond donors (Lipinski definition) is 0. The second-order valence-corrected chi connectivity index (χ2v) is 9.07. The molecule has 1 aliphatic carbocycles. The van der Waals surface area contributed by atoms with Gasteiger partial charge in [0.25, 0.3) is 5.91 Å². The predicted octanol–water partition coefficient (Wildman–Crippen LogP) is 2.66. The number of ketones is 1. The van der Waals surface area contributed by atoms with E-state index in [2.05, 4.69) is 15.9 Å². The Balaban J connectivity index is 1.17. The summed E-state index contributed by atoms with van der Waals surface area (Å²) in [5.41, 5.74) is 2.12. The monoisotopic (exact) mass is 425 g/mol. The van der Waals surface area contributed by atoms with Crippen LogP contribution in [0.25, 0.3) is 0 Å². The van der Waals surface area contributed by atoms with Crippen LogP contribution in [0, 0.1) is 6.92 Å². The largest absolute Gasteiger partial charge is 0.484 e. The zero-order valence-electron chi connectivity index (χ0n) is 18.7. The number of rotatable bonds is 7. The van der Waals surface area contributed by atoms with Crippen LogP contribution in [0.15, 0.2) is 35.9 Å². The van der Waals surface area contributed by atoms with Crippen molar-refractivity contribution in [1.29, 1.82) is 0 Å². The summed E-state index contributed by atoms with van der Waals surface area (Å²) < 4.78 is 5.65. The molecule has 1 aromatic rings. The highest BCUT2D eigenvalue weighted by atomic mass is 16.5. The summed E-state index contributed by atoms with van der Waals surface area (Å²) in [5.74, 6) is 0.998. The molecule has 168 valence electrons. The number of carbonyl (C=O) groups excluding carboxylic acids is 2. The van der Waals surface area contributed by atoms with Gasteiger partial charge in [0.05, 0.1) is 6.54 Å². The molecular weight excluding hydrogens is 390 g/mol. The van der Waals surface area contributed by atoms with Gasteiger partial charge in [-0.3, -0.25) is 19.4 Å². The number of Topliss-reactive ketones (excluding diaryl/α,β-unsaturated/α-hetero) is 1. The van der Waals surface area contributed by atoms with Crippen molar-refractivity contribution in [2.45, 2.75) is 45.1 Å². The molecule has 1 saturated heterocycles. The fraction of sp³-hybridized carbons (Fsp3) is 0.600. The first kappa shape index (κ1) is 22.0. The fourth-order valence-electron chi connectivity index (χ4n) is 4.65. The van der Waals surface area contributed by atoms with E-state index in [1.54, 1.807) is 0 Å². The molecule has 0 spiro atoms. The summed E-state index contributed by atoms with van der Waals surface area (Å²) in [6.07, 6.45) is 8.03. The zero-order chi connectivity index (χ0) is 21.6. The van der Waals surface area contributed by atoms with E-state index in [1.165, 1.54) is 19.3 Å². The minimum absolute atomic E-state index is 0.00930. The van der Waals surface area contributed by atoms with Crippen LogP contribution in [0.3, 0.4) is 0 Å². The topological polar surface area (TPSA) is 53.1 Å². The zero-order valence-corrected chi connectivity index (χ0v) is 18.7. The normalized spacial score (nSPS) is 21.2. The minimum Gasteiger partial charge on any atom is -0.484 e. The second-order valence-electron chi connectivity index (χ2n) is 9.07. The van der Waals surface area contributed by atoms with Crippen LogP contribution in [0.5, 0.6) is 5.75 Å². The van der Waals surface area contributed by atoms with Crippen molar-refractivity contribution in [1.82, 2.24) is 14.7 Å². The molecule has 4 rings (SSSR count). The first-order valence-corrected chi connectivity index (χ1v) is 11.7. The lowest BCUT2D eigenvalue weighted by atomic mass is 9.91. The van der Waals surface area contributed by atoms with Gasteiger partial charge in [0.2, 0.25) is 0 Å². The Morgan fingerprint density at radius 1 is 1.06 bits per heavy atom. The summed E-state index contributed by atoms with van der Waals surface area (Å²) in [4.78, 5) is 31.9. The molecule has 31 heavy (non-hydrogen) atoms. The first-order chi connectivity index (χ1) is 15.1. The molecule has 1 amide bonds. The smallest absolute Gasteiger partial charge is 0.260 e. The van der Waals surface area contributed by atoms with Crippen LogP contribution in [0.2, 0.25) is 0 Å². The molecule has 0 unspecified atom stereocenters. The highest BCUT2D eigenvalue weighted by Crippen LogP contribution is 2.27. The van der Waals surface area contributed by atoms with Crippen molar-refractivity contribution >= 4 is 11.7 Å². The van der Waals surface area contributed by atoms with Crippen molar-refractivity contribution < 1.29 is 14.3 Å². The minimum atomic E-state index is 0.00930. The van der Waals surface area contributed by atoms with Crippen molar-refractivity contribution in [3.8, 4) is 5.75 Å². The maximum absolute atomic E-state index is 12.9. The van der Waals surface area contributed by atoms with Gasteiger partial charge in [0, 0.05) is 45.3 Å². The predicted molar refractivity (Wildman–Crippen MR) is 121 cm³/mol. The maximum atomic E-state index is 12.9. The molecule has 2 fully saturated rings. The molecule has 3 aliphatic rings. The van der Waals surface area contributed by atoms with Gasteiger partial charge in [0.1, 0.15) is 5.75 Å². The van der Waals surface area contributed by atoms with E-state index in [-0.39, 0.29) is 18.3 Å². The Labute approximate surface area is 185 Å². The third kappa shape index (κ3) is 5.95. The Morgan fingerprint density at radius 2 is 1.87 bits per heavy atom. The number of benzene rings is 1. The lowest BCUT2D eigenvalue weighted by Gasteiger charge is -2.37. The molecular formula is C25H35N3O3. The summed E-state index contributed by atoms with van der Waals surface area (Å²) >= 11 is 0. The van der Waals surface area contributed by atoms with Gasteiger partial charge in [-0.05, 0) is 55.9 Å². The highest BCUT2D eigenvalue weighted by Gasteiger charge is 2.27. The summed E-state index contributed by atoms with van der Waals surface area (Å²) in [6, 6.07) is 8.50. The van der Waals surface area contributed by atoms with Crippen molar-refractivity contribution in [3.63, 3.8) is 0 Å². The molecule has 1 saturated carbocycles. The Hall–Kier alpha value is -2.18. The van der Waals surface area contributed by atoms with Crippen molar-refractivity contribution in [2.24, 2.45) is 0 Å². The van der Waals surface area contributed by atoms with E-state index >= 15 is 0 Å². The number of hydrogen-bond acceptors (Lipinski definition) is 5. The quantitative estimate of drug-likeness (QED) is 0.672. The third-order valence-corrected chi connectivity index (χ3v) is 6.87. The first-order valence-electron chi connectivity index (χ1n) is 11.7. The third-order valence-electron chi connectivity index (χ3n) is 6.87. The number of nitrogens with zero attached hydrogens (tertiary/aromatic N) is 3. The van der Waals surface area contributed by atoms with E-state index in [1.807, 2.05) is 36.1 Å². The maximum Gasteiger partial charge on any atom is 0.260 e. The molecule has 0 aromatic heterocycles. The number of carbonyl (C=O) groups is 2. The molecule has 1 aromatic carbocycles. The molecule has 6 nitrogen and oxygen atoms in total. The molecule has 6 heteroatoms. The highest BCUT2D eigenvalue weighted by molar-refractivity contribution is 5.97. The summed E-state index contributed by atoms with van der Waals surface area (Å²) in [5, 5.41) is 0. The SMILES string of the molecule is Cc1cccc(OCC(=O)N2CCN(CC(=O)C3=CCCN(C4CCC4)CC3)CC2)c1. The molecule has 0 bridgehead atoms. The van der Waals surface area contributed by atoms with Gasteiger partial charge in [-0.25, -0.2) is 0 Å². The van der Waals surface area contributed by atoms with Crippen molar-refractivity contribution in [3.05, 3.63) is 41.5 Å². The van der Waals surface area contributed by atoms with Gasteiger partial charge in [-0.2, -0.15) is 0 Å². The molecule has 0 atom stereocenters. The Kier molecular flexibility index (Phi) is 7.41. The van der Waals surface area contributed by atoms with Crippen LogP contribution in [-0.2, 0) is 9.59 Å². The van der Waals surface area contributed by atoms with Gasteiger partial charge in [-0.1, -0.05) is 24.6 Å². The van der Waals surface area contributed by atoms with E-state index in [0.717, 1.165) is 61.9 Å². The summed E-state index contributed by atoms with van der Waals surface area (Å²) in [6.45, 7) is 7.43. The molecule has 0 N–H and O–H groups in total. The van der Waals surface area contributed by atoms with E-state index in [0.29, 0.717) is 19.6 Å². The Morgan fingerprint density at radius 3 is 2.58 bits per heavy atom. The van der Waals surface area contributed by atoms with E-state index < -0.39 is 0 Å². The van der Waals surface area contributed by atoms with Gasteiger partial charge in [-0.15, -0.1) is 0 Å². The number of amides is 1. The van der Waals surface area contributed by atoms with Gasteiger partial charge in [0.15, 0.2) is 12.4 Å². The molecule has 2 heterocycles. The van der Waals surface area contributed by atoms with Crippen LogP contribution >= 0.6 is 0 Å². The summed E-state index contributed by atoms with van der Waals surface area (Å²) in [7, 11) is 0. The van der Waals surface area contributed by atoms with E-state index in [9.17, 15) is 9.59 Å². The van der Waals surface area contributed by atoms with Crippen LogP contribution < -0.4 is 4.74 Å². The number of piperazine rings is 1. The van der Waals surface area contributed by atoms with Crippen molar-refractivity contribution in [2.75, 3.05) is 52.4 Å². The van der Waals surface area contributed by atoms with Crippen LogP contribution in [0.4, 0.5) is 0 Å². The Bertz CT molecular complexity index is 810. The second kappa shape index (κ2) is 10.4.